The Bertz CT molecular complexity index is 381. The minimum atomic E-state index is -0.240. The molecule has 2 amide bonds. The highest BCUT2D eigenvalue weighted by molar-refractivity contribution is 6.30. The number of hydrogen-bond acceptors (Lipinski definition) is 2. The third-order valence-electron chi connectivity index (χ3n) is 3.60. The number of rotatable bonds is 1. The Morgan fingerprint density at radius 1 is 1.33 bits per heavy atom. The summed E-state index contributed by atoms with van der Waals surface area (Å²) < 4.78 is 0. The molecule has 0 aromatic heterocycles. The van der Waals surface area contributed by atoms with Gasteiger partial charge in [0.1, 0.15) is 0 Å². The molecular formula is C13H19ClN2O2. The Labute approximate surface area is 113 Å². The van der Waals surface area contributed by atoms with E-state index in [0.29, 0.717) is 24.7 Å². The molecule has 0 saturated carbocycles. The largest absolute Gasteiger partial charge is 0.320 e. The summed E-state index contributed by atoms with van der Waals surface area (Å²) in [6.07, 6.45) is 5.53. The number of carbonyl (C=O) groups is 2. The summed E-state index contributed by atoms with van der Waals surface area (Å²) in [5, 5.41) is 0.714. The zero-order chi connectivity index (χ0) is 13.1. The Morgan fingerprint density at radius 2 is 2.11 bits per heavy atom. The molecule has 2 heterocycles. The normalized spacial score (nSPS) is 24.8. The molecule has 1 atom stereocenters. The third kappa shape index (κ3) is 2.86. The van der Waals surface area contributed by atoms with Crippen LogP contribution in [0.2, 0.25) is 0 Å². The topological polar surface area (TPSA) is 40.6 Å². The lowest BCUT2D eigenvalue weighted by molar-refractivity contribution is -0.122. The Balaban J connectivity index is 2.06. The van der Waals surface area contributed by atoms with Crippen LogP contribution in [0.25, 0.3) is 0 Å². The van der Waals surface area contributed by atoms with Crippen LogP contribution in [0, 0.1) is 0 Å². The first-order chi connectivity index (χ1) is 8.59. The number of amides is 2. The maximum absolute atomic E-state index is 12.4. The van der Waals surface area contributed by atoms with Gasteiger partial charge in [-0.25, -0.2) is 4.79 Å². The van der Waals surface area contributed by atoms with Gasteiger partial charge in [-0.3, -0.25) is 4.79 Å². The predicted octanol–water partition coefficient (Wildman–Crippen LogP) is 2.38. The van der Waals surface area contributed by atoms with Crippen LogP contribution in [-0.2, 0) is 4.79 Å². The van der Waals surface area contributed by atoms with E-state index in [1.54, 1.807) is 16.7 Å². The van der Waals surface area contributed by atoms with E-state index < -0.39 is 0 Å². The molecule has 0 aromatic carbocycles. The zero-order valence-corrected chi connectivity index (χ0v) is 11.4. The highest BCUT2D eigenvalue weighted by atomic mass is 35.5. The monoisotopic (exact) mass is 270 g/mol. The molecule has 18 heavy (non-hydrogen) atoms. The second-order valence-electron chi connectivity index (χ2n) is 4.96. The number of halogens is 1. The maximum atomic E-state index is 12.4. The summed E-state index contributed by atoms with van der Waals surface area (Å²) in [4.78, 5) is 27.5. The van der Waals surface area contributed by atoms with Gasteiger partial charge in [-0.15, -0.1) is 0 Å². The highest BCUT2D eigenvalue weighted by Crippen LogP contribution is 2.22. The second kappa shape index (κ2) is 5.74. The van der Waals surface area contributed by atoms with Gasteiger partial charge in [-0.1, -0.05) is 17.7 Å². The Hall–Kier alpha value is -1.03. The number of urea groups is 1. The van der Waals surface area contributed by atoms with Gasteiger partial charge in [0.25, 0.3) is 0 Å². The fraction of sp³-hybridized carbons (Fsp3) is 0.692. The molecule has 4 nitrogen and oxygen atoms in total. The van der Waals surface area contributed by atoms with E-state index >= 15 is 0 Å². The van der Waals surface area contributed by atoms with Crippen molar-refractivity contribution in [3.8, 4) is 0 Å². The molecule has 2 aliphatic rings. The van der Waals surface area contributed by atoms with E-state index in [4.69, 9.17) is 11.6 Å². The van der Waals surface area contributed by atoms with Crippen LogP contribution < -0.4 is 0 Å². The number of piperidine rings is 1. The molecule has 0 aromatic rings. The molecule has 0 spiro atoms. The number of nitrogens with zero attached hydrogens (tertiary/aromatic N) is 2. The summed E-state index contributed by atoms with van der Waals surface area (Å²) in [6.45, 7) is 3.41. The van der Waals surface area contributed by atoms with Crippen molar-refractivity contribution in [1.29, 1.82) is 0 Å². The average molecular weight is 271 g/mol. The van der Waals surface area contributed by atoms with Crippen LogP contribution in [0.4, 0.5) is 4.79 Å². The summed E-state index contributed by atoms with van der Waals surface area (Å²) in [7, 11) is 0. The van der Waals surface area contributed by atoms with E-state index in [9.17, 15) is 9.59 Å². The summed E-state index contributed by atoms with van der Waals surface area (Å²) >= 11 is 5.98. The molecule has 0 bridgehead atoms. The third-order valence-corrected chi connectivity index (χ3v) is 3.87. The van der Waals surface area contributed by atoms with Crippen molar-refractivity contribution >= 4 is 23.4 Å². The summed E-state index contributed by atoms with van der Waals surface area (Å²) in [5.41, 5.74) is 0. The van der Waals surface area contributed by atoms with E-state index in [-0.39, 0.29) is 17.9 Å². The molecule has 1 unspecified atom stereocenters. The lowest BCUT2D eigenvalue weighted by Gasteiger charge is -2.38. The van der Waals surface area contributed by atoms with Crippen molar-refractivity contribution < 1.29 is 9.59 Å². The molecular weight excluding hydrogens is 252 g/mol. The van der Waals surface area contributed by atoms with Crippen LogP contribution in [0.15, 0.2) is 11.1 Å². The molecule has 100 valence electrons. The summed E-state index contributed by atoms with van der Waals surface area (Å²) in [5.74, 6) is 0.0849. The standard InChI is InChI=1S/C13H19ClN2O2/c1-10(17)12-6-2-3-8-16(12)13(18)15-7-4-5-11(14)9-15/h5,12H,2-4,6-9H2,1H3. The second-order valence-corrected chi connectivity index (χ2v) is 5.44. The lowest BCUT2D eigenvalue weighted by atomic mass is 9.99. The molecule has 1 saturated heterocycles. The van der Waals surface area contributed by atoms with Gasteiger partial charge in [0.05, 0.1) is 12.6 Å². The predicted molar refractivity (Wildman–Crippen MR) is 70.5 cm³/mol. The quantitative estimate of drug-likeness (QED) is 0.734. The van der Waals surface area contributed by atoms with Gasteiger partial charge in [0.15, 0.2) is 5.78 Å². The number of Topliss-reactive ketones (excluding diaryl/α,β-unsaturated/α-hetero) is 1. The lowest BCUT2D eigenvalue weighted by Crippen LogP contribution is -2.53. The van der Waals surface area contributed by atoms with Crippen molar-refractivity contribution in [2.45, 2.75) is 38.6 Å². The van der Waals surface area contributed by atoms with E-state index in [2.05, 4.69) is 0 Å². The SMILES string of the molecule is CC(=O)C1CCCCN1C(=O)N1CCC=C(Cl)C1. The van der Waals surface area contributed by atoms with Crippen LogP contribution >= 0.6 is 11.6 Å². The molecule has 0 aliphatic carbocycles. The van der Waals surface area contributed by atoms with Gasteiger partial charge >= 0.3 is 6.03 Å². The molecule has 5 heteroatoms. The van der Waals surface area contributed by atoms with Gasteiger partial charge in [-0.05, 0) is 32.6 Å². The molecule has 0 radical (unpaired) electrons. The average Bonchev–Trinajstić information content (AvgIpc) is 2.38. The van der Waals surface area contributed by atoms with Crippen molar-refractivity contribution in [3.63, 3.8) is 0 Å². The van der Waals surface area contributed by atoms with Gasteiger partial charge in [-0.2, -0.15) is 0 Å². The first-order valence-corrected chi connectivity index (χ1v) is 6.88. The van der Waals surface area contributed by atoms with Crippen molar-refractivity contribution in [2.75, 3.05) is 19.6 Å². The van der Waals surface area contributed by atoms with Crippen molar-refractivity contribution in [3.05, 3.63) is 11.1 Å². The van der Waals surface area contributed by atoms with Gasteiger partial charge < -0.3 is 9.80 Å². The van der Waals surface area contributed by atoms with Gasteiger partial charge in [0, 0.05) is 18.1 Å². The van der Waals surface area contributed by atoms with E-state index in [1.807, 2.05) is 6.08 Å². The number of carbonyl (C=O) groups excluding carboxylic acids is 2. The number of likely N-dealkylation sites (tertiary alicyclic amines) is 1. The van der Waals surface area contributed by atoms with Crippen molar-refractivity contribution in [2.24, 2.45) is 0 Å². The van der Waals surface area contributed by atoms with E-state index in [1.165, 1.54) is 0 Å². The first-order valence-electron chi connectivity index (χ1n) is 6.50. The fourth-order valence-corrected chi connectivity index (χ4v) is 2.88. The van der Waals surface area contributed by atoms with Crippen LogP contribution in [0.3, 0.4) is 0 Å². The van der Waals surface area contributed by atoms with Crippen LogP contribution in [0.1, 0.15) is 32.6 Å². The minimum Gasteiger partial charge on any atom is -0.319 e. The minimum absolute atomic E-state index is 0.0406. The number of ketones is 1. The molecule has 2 aliphatic heterocycles. The van der Waals surface area contributed by atoms with Crippen LogP contribution in [0.5, 0.6) is 0 Å². The smallest absolute Gasteiger partial charge is 0.319 e. The molecule has 2 rings (SSSR count). The van der Waals surface area contributed by atoms with Crippen LogP contribution in [-0.4, -0.2) is 47.3 Å². The molecule has 1 fully saturated rings. The maximum Gasteiger partial charge on any atom is 0.320 e. The zero-order valence-electron chi connectivity index (χ0n) is 10.7. The van der Waals surface area contributed by atoms with Crippen molar-refractivity contribution in [1.82, 2.24) is 9.80 Å². The molecule has 0 N–H and O–H groups in total. The van der Waals surface area contributed by atoms with Gasteiger partial charge in [0.2, 0.25) is 0 Å². The first kappa shape index (κ1) is 13.4. The summed E-state index contributed by atoms with van der Waals surface area (Å²) in [6, 6.07) is -0.280. The number of hydrogen-bond donors (Lipinski definition) is 0. The Morgan fingerprint density at radius 3 is 2.78 bits per heavy atom. The van der Waals surface area contributed by atoms with E-state index in [0.717, 1.165) is 25.7 Å². The fourth-order valence-electron chi connectivity index (χ4n) is 2.63. The Kier molecular flexibility index (Phi) is 4.27. The highest BCUT2D eigenvalue weighted by Gasteiger charge is 2.32.